The fourth-order valence-corrected chi connectivity index (χ4v) is 5.88. The van der Waals surface area contributed by atoms with Crippen LogP contribution in [0.25, 0.3) is 0 Å². The second-order valence-electron chi connectivity index (χ2n) is 10.3. The fourth-order valence-electron chi connectivity index (χ4n) is 5.88. The van der Waals surface area contributed by atoms with Crippen LogP contribution < -0.4 is 5.32 Å². The molecule has 9 heteroatoms. The Morgan fingerprint density at radius 3 is 2.50 bits per heavy atom. The van der Waals surface area contributed by atoms with E-state index in [4.69, 9.17) is 4.74 Å². The molecule has 2 saturated heterocycles. The first-order valence-corrected chi connectivity index (χ1v) is 12.9. The minimum Gasteiger partial charge on any atom is -0.387 e. The molecule has 2 N–H and O–H groups in total. The molecule has 1 unspecified atom stereocenters. The van der Waals surface area contributed by atoms with Crippen molar-refractivity contribution in [1.82, 2.24) is 20.0 Å². The van der Waals surface area contributed by atoms with Crippen molar-refractivity contribution in [2.24, 2.45) is 10.4 Å². The van der Waals surface area contributed by atoms with Gasteiger partial charge in [0, 0.05) is 51.3 Å². The number of hydrogen-bond acceptors (Lipinski definition) is 6. The first-order chi connectivity index (χ1) is 17.4. The van der Waals surface area contributed by atoms with Gasteiger partial charge in [0.2, 0.25) is 5.91 Å². The Morgan fingerprint density at radius 1 is 1.14 bits per heavy atom. The second kappa shape index (κ2) is 11.4. The molecule has 1 aromatic carbocycles. The van der Waals surface area contributed by atoms with Gasteiger partial charge in [-0.1, -0.05) is 43.2 Å². The van der Waals surface area contributed by atoms with Crippen LogP contribution in [0.1, 0.15) is 37.7 Å². The number of nitrogens with zero attached hydrogens (tertiary/aromatic N) is 4. The number of morpholine rings is 1. The van der Waals surface area contributed by atoms with Gasteiger partial charge in [0.05, 0.1) is 25.4 Å². The molecule has 1 aliphatic carbocycles. The number of aliphatic imine (C=N–C) groups is 1. The van der Waals surface area contributed by atoms with E-state index in [9.17, 15) is 14.7 Å². The molecule has 2 heterocycles. The number of hydrogen-bond donors (Lipinski definition) is 2. The molecule has 0 radical (unpaired) electrons. The largest absolute Gasteiger partial charge is 0.387 e. The number of amides is 3. The van der Waals surface area contributed by atoms with Gasteiger partial charge < -0.3 is 29.9 Å². The van der Waals surface area contributed by atoms with Gasteiger partial charge in [0.15, 0.2) is 0 Å². The van der Waals surface area contributed by atoms with Crippen LogP contribution in [0.4, 0.5) is 4.79 Å². The number of ether oxygens (including phenoxy) is 1. The molecule has 0 aromatic heterocycles. The highest BCUT2D eigenvalue weighted by molar-refractivity contribution is 5.88. The maximum atomic E-state index is 13.1. The van der Waals surface area contributed by atoms with E-state index in [1.165, 1.54) is 6.08 Å². The summed E-state index contributed by atoms with van der Waals surface area (Å²) in [4.78, 5) is 35.5. The zero-order chi connectivity index (χ0) is 25.6. The van der Waals surface area contributed by atoms with Crippen molar-refractivity contribution in [2.45, 2.75) is 44.2 Å². The third kappa shape index (κ3) is 5.73. The van der Waals surface area contributed by atoms with Crippen LogP contribution in [0.15, 0.2) is 47.2 Å². The van der Waals surface area contributed by atoms with Crippen LogP contribution >= 0.6 is 0 Å². The van der Waals surface area contributed by atoms with Crippen molar-refractivity contribution in [2.75, 3.05) is 53.0 Å². The lowest BCUT2D eigenvalue weighted by molar-refractivity contribution is -0.149. The summed E-state index contributed by atoms with van der Waals surface area (Å²) in [6.07, 6.45) is 5.65. The van der Waals surface area contributed by atoms with Gasteiger partial charge in [-0.2, -0.15) is 0 Å². The van der Waals surface area contributed by atoms with E-state index in [0.29, 0.717) is 58.2 Å². The Kier molecular flexibility index (Phi) is 8.31. The number of benzene rings is 1. The summed E-state index contributed by atoms with van der Waals surface area (Å²) in [5.74, 6) is 0.316. The van der Waals surface area contributed by atoms with Gasteiger partial charge in [-0.3, -0.25) is 4.79 Å². The second-order valence-corrected chi connectivity index (χ2v) is 10.3. The fraction of sp³-hybridized carbons (Fsp3) is 0.593. The van der Waals surface area contributed by atoms with E-state index in [-0.39, 0.29) is 18.5 Å². The Balaban J connectivity index is 1.41. The van der Waals surface area contributed by atoms with Crippen molar-refractivity contribution in [3.8, 4) is 0 Å². The third-order valence-electron chi connectivity index (χ3n) is 8.04. The summed E-state index contributed by atoms with van der Waals surface area (Å²) in [5, 5.41) is 15.0. The van der Waals surface area contributed by atoms with Gasteiger partial charge in [-0.05, 0) is 31.5 Å². The molecule has 9 nitrogen and oxygen atoms in total. The molecule has 196 valence electrons. The predicted molar refractivity (Wildman–Crippen MR) is 138 cm³/mol. The highest BCUT2D eigenvalue weighted by Gasteiger charge is 2.56. The van der Waals surface area contributed by atoms with Crippen LogP contribution in [-0.2, 0) is 16.1 Å². The summed E-state index contributed by atoms with van der Waals surface area (Å²) in [6, 6.07) is 9.74. The summed E-state index contributed by atoms with van der Waals surface area (Å²) in [5.41, 5.74) is -0.427. The lowest BCUT2D eigenvalue weighted by atomic mass is 9.65. The minimum absolute atomic E-state index is 0.105. The number of carbonyl (C=O) groups is 2. The van der Waals surface area contributed by atoms with Crippen LogP contribution in [0.2, 0.25) is 0 Å². The van der Waals surface area contributed by atoms with Gasteiger partial charge in [0.1, 0.15) is 5.82 Å². The number of rotatable bonds is 7. The quantitative estimate of drug-likeness (QED) is 0.445. The Hall–Kier alpha value is -2.91. The predicted octanol–water partition coefficient (Wildman–Crippen LogP) is 2.23. The molecule has 1 saturated carbocycles. The normalized spacial score (nSPS) is 24.0. The maximum Gasteiger partial charge on any atom is 0.317 e. The number of nitrogens with one attached hydrogen (secondary N) is 1. The van der Waals surface area contributed by atoms with Crippen molar-refractivity contribution in [3.63, 3.8) is 0 Å². The molecule has 4 rings (SSSR count). The van der Waals surface area contributed by atoms with Crippen LogP contribution in [0.5, 0.6) is 0 Å². The van der Waals surface area contributed by atoms with E-state index >= 15 is 0 Å². The molecule has 3 amide bonds. The van der Waals surface area contributed by atoms with E-state index < -0.39 is 11.0 Å². The van der Waals surface area contributed by atoms with Crippen LogP contribution in [0, 0.1) is 5.41 Å². The Bertz CT molecular complexity index is 956. The van der Waals surface area contributed by atoms with Crippen molar-refractivity contribution in [1.29, 1.82) is 0 Å². The molecular formula is C27H39N5O4. The van der Waals surface area contributed by atoms with Crippen molar-refractivity contribution >= 4 is 18.7 Å². The lowest BCUT2D eigenvalue weighted by Crippen LogP contribution is -2.64. The number of likely N-dealkylation sites (N-methyl/N-ethyl adjacent to an activating group) is 1. The lowest BCUT2D eigenvalue weighted by Gasteiger charge is -2.53. The van der Waals surface area contributed by atoms with E-state index in [1.807, 2.05) is 40.1 Å². The molecule has 3 fully saturated rings. The molecule has 2 aliphatic heterocycles. The summed E-state index contributed by atoms with van der Waals surface area (Å²) in [7, 11) is 1.72. The Morgan fingerprint density at radius 2 is 1.83 bits per heavy atom. The maximum absolute atomic E-state index is 13.1. The SMILES string of the molecule is C=N/C(=C\C(=O)N(C)CC1(O)CCN(C(=O)NCc2ccccc2)CC12CCCC2)N1CCOCC1. The molecule has 0 bridgehead atoms. The Labute approximate surface area is 213 Å². The molecule has 1 aromatic rings. The molecule has 3 aliphatic rings. The summed E-state index contributed by atoms with van der Waals surface area (Å²) >= 11 is 0. The number of urea groups is 1. The molecule has 36 heavy (non-hydrogen) atoms. The molecule has 1 spiro atoms. The van der Waals surface area contributed by atoms with Crippen molar-refractivity contribution < 1.29 is 19.4 Å². The average molecular weight is 498 g/mol. The average Bonchev–Trinajstić information content (AvgIpc) is 3.38. The number of aliphatic hydroxyl groups is 1. The first kappa shape index (κ1) is 26.2. The summed E-state index contributed by atoms with van der Waals surface area (Å²) in [6.45, 7) is 7.78. The van der Waals surface area contributed by atoms with Gasteiger partial charge in [-0.15, -0.1) is 0 Å². The van der Waals surface area contributed by atoms with Crippen molar-refractivity contribution in [3.05, 3.63) is 47.8 Å². The smallest absolute Gasteiger partial charge is 0.317 e. The number of piperidine rings is 1. The van der Waals surface area contributed by atoms with Gasteiger partial charge in [-0.25, -0.2) is 9.79 Å². The molecular weight excluding hydrogens is 458 g/mol. The van der Waals surface area contributed by atoms with Gasteiger partial charge in [0.25, 0.3) is 0 Å². The highest BCUT2D eigenvalue weighted by Crippen LogP contribution is 2.51. The monoisotopic (exact) mass is 497 g/mol. The first-order valence-electron chi connectivity index (χ1n) is 12.9. The molecule has 1 atom stereocenters. The topological polar surface area (TPSA) is 97.7 Å². The zero-order valence-corrected chi connectivity index (χ0v) is 21.3. The number of likely N-dealkylation sites (tertiary alicyclic amines) is 1. The minimum atomic E-state index is -1.06. The summed E-state index contributed by atoms with van der Waals surface area (Å²) < 4.78 is 5.39. The van der Waals surface area contributed by atoms with E-state index in [2.05, 4.69) is 17.0 Å². The third-order valence-corrected chi connectivity index (χ3v) is 8.04. The zero-order valence-electron chi connectivity index (χ0n) is 21.3. The highest BCUT2D eigenvalue weighted by atomic mass is 16.5. The standard InChI is InChI=1S/C27H39N5O4/c1-28-23(31-14-16-36-17-15-31)18-24(33)30(2)21-27(35)12-13-32(20-26(27)10-6-7-11-26)25(34)29-19-22-8-4-3-5-9-22/h3-5,8-9,18,35H,1,6-7,10-17,19-21H2,2H3,(H,29,34)/b23-18+. The number of carbonyl (C=O) groups excluding carboxylic acids is 2. The van der Waals surface area contributed by atoms with E-state index in [1.54, 1.807) is 11.9 Å². The van der Waals surface area contributed by atoms with E-state index in [0.717, 1.165) is 31.2 Å². The van der Waals surface area contributed by atoms with Crippen LogP contribution in [-0.4, -0.2) is 97.0 Å². The van der Waals surface area contributed by atoms with Crippen LogP contribution in [0.3, 0.4) is 0 Å². The van der Waals surface area contributed by atoms with Gasteiger partial charge >= 0.3 is 6.03 Å².